The fraction of sp³-hybridized carbons (Fsp3) is 0.600. The Balaban J connectivity index is 2.89. The van der Waals surface area contributed by atoms with E-state index < -0.39 is 5.60 Å². The Kier molecular flexibility index (Phi) is 3.80. The molecule has 0 aromatic heterocycles. The first kappa shape index (κ1) is 13.2. The van der Waals surface area contributed by atoms with Gasteiger partial charge in [-0.25, -0.2) is 0 Å². The molecule has 0 aliphatic rings. The zero-order valence-electron chi connectivity index (χ0n) is 11.2. The standard InChI is InChI=1S/C15H24O/c1-6-15(5,16)11-14(3,4)13-9-7-12(2)8-10-13/h7-10,16H,6,11H2,1-5H3/t15-/m0/s1. The first-order valence-electron chi connectivity index (χ1n) is 6.06. The van der Waals surface area contributed by atoms with Crippen LogP contribution < -0.4 is 0 Å². The summed E-state index contributed by atoms with van der Waals surface area (Å²) in [5, 5.41) is 10.2. The van der Waals surface area contributed by atoms with Crippen molar-refractivity contribution in [3.63, 3.8) is 0 Å². The van der Waals surface area contributed by atoms with Crippen molar-refractivity contribution in [2.75, 3.05) is 0 Å². The van der Waals surface area contributed by atoms with Crippen molar-refractivity contribution < 1.29 is 5.11 Å². The second-order valence-corrected chi connectivity index (χ2v) is 5.78. The van der Waals surface area contributed by atoms with Gasteiger partial charge in [-0.05, 0) is 37.7 Å². The van der Waals surface area contributed by atoms with Gasteiger partial charge in [-0.2, -0.15) is 0 Å². The molecular weight excluding hydrogens is 196 g/mol. The van der Waals surface area contributed by atoms with E-state index in [4.69, 9.17) is 0 Å². The van der Waals surface area contributed by atoms with Crippen LogP contribution in [0, 0.1) is 6.92 Å². The third kappa shape index (κ3) is 3.34. The Labute approximate surface area is 99.5 Å². The van der Waals surface area contributed by atoms with Crippen molar-refractivity contribution >= 4 is 0 Å². The Bertz CT molecular complexity index is 333. The highest BCUT2D eigenvalue weighted by Crippen LogP contribution is 2.33. The summed E-state index contributed by atoms with van der Waals surface area (Å²) in [4.78, 5) is 0. The van der Waals surface area contributed by atoms with Gasteiger partial charge in [0.15, 0.2) is 0 Å². The van der Waals surface area contributed by atoms with E-state index in [1.807, 2.05) is 13.8 Å². The van der Waals surface area contributed by atoms with Gasteiger partial charge < -0.3 is 5.11 Å². The van der Waals surface area contributed by atoms with Crippen LogP contribution in [0.4, 0.5) is 0 Å². The summed E-state index contributed by atoms with van der Waals surface area (Å²) < 4.78 is 0. The van der Waals surface area contributed by atoms with Crippen molar-refractivity contribution in [1.29, 1.82) is 0 Å². The monoisotopic (exact) mass is 220 g/mol. The lowest BCUT2D eigenvalue weighted by Crippen LogP contribution is -2.33. The molecule has 1 nitrogen and oxygen atoms in total. The molecule has 1 heteroatoms. The van der Waals surface area contributed by atoms with Crippen molar-refractivity contribution in [3.05, 3.63) is 35.4 Å². The van der Waals surface area contributed by atoms with Crippen LogP contribution in [-0.2, 0) is 5.41 Å². The Hall–Kier alpha value is -0.820. The maximum Gasteiger partial charge on any atom is 0.0625 e. The second kappa shape index (κ2) is 4.58. The predicted octanol–water partition coefficient (Wildman–Crippen LogP) is 3.82. The maximum absolute atomic E-state index is 10.2. The summed E-state index contributed by atoms with van der Waals surface area (Å²) in [6.07, 6.45) is 1.59. The second-order valence-electron chi connectivity index (χ2n) is 5.78. The van der Waals surface area contributed by atoms with Gasteiger partial charge in [-0.1, -0.05) is 50.6 Å². The number of aryl methyl sites for hydroxylation is 1. The lowest BCUT2D eigenvalue weighted by molar-refractivity contribution is 0.0276. The van der Waals surface area contributed by atoms with Crippen LogP contribution in [0.2, 0.25) is 0 Å². The van der Waals surface area contributed by atoms with E-state index >= 15 is 0 Å². The molecule has 0 spiro atoms. The first-order valence-corrected chi connectivity index (χ1v) is 6.06. The average molecular weight is 220 g/mol. The van der Waals surface area contributed by atoms with Gasteiger partial charge in [-0.3, -0.25) is 0 Å². The molecule has 0 aliphatic heterocycles. The van der Waals surface area contributed by atoms with Gasteiger partial charge >= 0.3 is 0 Å². The van der Waals surface area contributed by atoms with E-state index in [-0.39, 0.29) is 5.41 Å². The van der Waals surface area contributed by atoms with Crippen LogP contribution in [0.15, 0.2) is 24.3 Å². The van der Waals surface area contributed by atoms with E-state index in [0.717, 1.165) is 12.8 Å². The van der Waals surface area contributed by atoms with E-state index in [0.29, 0.717) is 0 Å². The van der Waals surface area contributed by atoms with Gasteiger partial charge in [0.05, 0.1) is 5.60 Å². The molecule has 16 heavy (non-hydrogen) atoms. The number of hydrogen-bond donors (Lipinski definition) is 1. The number of aliphatic hydroxyl groups is 1. The molecule has 90 valence electrons. The molecule has 1 aromatic carbocycles. The van der Waals surface area contributed by atoms with Gasteiger partial charge in [0.2, 0.25) is 0 Å². The number of rotatable bonds is 4. The van der Waals surface area contributed by atoms with Crippen LogP contribution in [0.3, 0.4) is 0 Å². The smallest absolute Gasteiger partial charge is 0.0625 e. The van der Waals surface area contributed by atoms with Crippen LogP contribution in [0.5, 0.6) is 0 Å². The lowest BCUT2D eigenvalue weighted by atomic mass is 9.75. The van der Waals surface area contributed by atoms with Gasteiger partial charge in [0, 0.05) is 0 Å². The third-order valence-corrected chi connectivity index (χ3v) is 3.42. The highest BCUT2D eigenvalue weighted by molar-refractivity contribution is 5.27. The minimum absolute atomic E-state index is 0.0210. The summed E-state index contributed by atoms with van der Waals surface area (Å²) in [6.45, 7) is 10.4. The molecule has 1 rings (SSSR count). The summed E-state index contributed by atoms with van der Waals surface area (Å²) in [6, 6.07) is 8.61. The van der Waals surface area contributed by atoms with Gasteiger partial charge in [0.25, 0.3) is 0 Å². The van der Waals surface area contributed by atoms with E-state index in [1.165, 1.54) is 11.1 Å². The van der Waals surface area contributed by atoms with Gasteiger partial charge in [0.1, 0.15) is 0 Å². The summed E-state index contributed by atoms with van der Waals surface area (Å²) >= 11 is 0. The van der Waals surface area contributed by atoms with E-state index in [9.17, 15) is 5.11 Å². The normalized spacial score (nSPS) is 15.9. The molecule has 0 heterocycles. The Morgan fingerprint density at radius 3 is 2.00 bits per heavy atom. The fourth-order valence-corrected chi connectivity index (χ4v) is 2.18. The van der Waals surface area contributed by atoms with Crippen LogP contribution in [-0.4, -0.2) is 10.7 Å². The molecule has 1 aromatic rings. The molecule has 1 N–H and O–H groups in total. The van der Waals surface area contributed by atoms with Crippen molar-refractivity contribution in [1.82, 2.24) is 0 Å². The topological polar surface area (TPSA) is 20.2 Å². The van der Waals surface area contributed by atoms with E-state index in [2.05, 4.69) is 45.0 Å². The molecule has 0 radical (unpaired) electrons. The highest BCUT2D eigenvalue weighted by Gasteiger charge is 2.30. The molecule has 1 atom stereocenters. The molecule has 0 amide bonds. The third-order valence-electron chi connectivity index (χ3n) is 3.42. The predicted molar refractivity (Wildman–Crippen MR) is 69.7 cm³/mol. The molecule has 0 saturated heterocycles. The van der Waals surface area contributed by atoms with Crippen molar-refractivity contribution in [2.24, 2.45) is 0 Å². The quantitative estimate of drug-likeness (QED) is 0.817. The Morgan fingerprint density at radius 2 is 1.56 bits per heavy atom. The number of hydrogen-bond acceptors (Lipinski definition) is 1. The zero-order chi connectivity index (χ0) is 12.4. The molecule has 0 unspecified atom stereocenters. The first-order chi connectivity index (χ1) is 7.27. The largest absolute Gasteiger partial charge is 0.390 e. The minimum Gasteiger partial charge on any atom is -0.390 e. The van der Waals surface area contributed by atoms with Crippen LogP contribution in [0.1, 0.15) is 51.7 Å². The Morgan fingerprint density at radius 1 is 1.06 bits per heavy atom. The minimum atomic E-state index is -0.575. The van der Waals surface area contributed by atoms with E-state index in [1.54, 1.807) is 0 Å². The summed E-state index contributed by atoms with van der Waals surface area (Å²) in [5.41, 5.74) is 2.02. The van der Waals surface area contributed by atoms with Crippen molar-refractivity contribution in [2.45, 2.75) is 58.5 Å². The molecule has 0 bridgehead atoms. The zero-order valence-corrected chi connectivity index (χ0v) is 11.2. The van der Waals surface area contributed by atoms with Gasteiger partial charge in [-0.15, -0.1) is 0 Å². The lowest BCUT2D eigenvalue weighted by Gasteiger charge is -2.33. The highest BCUT2D eigenvalue weighted by atomic mass is 16.3. The molecular formula is C15H24O. The van der Waals surface area contributed by atoms with Crippen LogP contribution >= 0.6 is 0 Å². The number of benzene rings is 1. The van der Waals surface area contributed by atoms with Crippen LogP contribution in [0.25, 0.3) is 0 Å². The molecule has 0 aliphatic carbocycles. The molecule has 0 saturated carbocycles. The average Bonchev–Trinajstić information content (AvgIpc) is 2.17. The SMILES string of the molecule is CC[C@](C)(O)CC(C)(C)c1ccc(C)cc1. The maximum atomic E-state index is 10.2. The fourth-order valence-electron chi connectivity index (χ4n) is 2.18. The van der Waals surface area contributed by atoms with Crippen molar-refractivity contribution in [3.8, 4) is 0 Å². The summed E-state index contributed by atoms with van der Waals surface area (Å²) in [7, 11) is 0. The summed E-state index contributed by atoms with van der Waals surface area (Å²) in [5.74, 6) is 0. The molecule has 0 fully saturated rings.